The quantitative estimate of drug-likeness (QED) is 0.291. The van der Waals surface area contributed by atoms with Crippen LogP contribution in [0.2, 0.25) is 0 Å². The molecule has 2 atom stereocenters. The maximum Gasteiger partial charge on any atom is 0.0472 e. The minimum atomic E-state index is 0.0810. The van der Waals surface area contributed by atoms with Crippen molar-refractivity contribution in [2.24, 2.45) is 5.92 Å². The Hall–Kier alpha value is 0.290. The average Bonchev–Trinajstić information content (AvgIpc) is 2.35. The van der Waals surface area contributed by atoms with Crippen LogP contribution in [-0.2, 0) is 0 Å². The molecule has 0 aromatic rings. The Labute approximate surface area is 115 Å². The Kier molecular flexibility index (Phi) is 10.4. The highest BCUT2D eigenvalue weighted by Crippen LogP contribution is 2.39. The van der Waals surface area contributed by atoms with Crippen LogP contribution in [-0.4, -0.2) is 4.87 Å². The Morgan fingerprint density at radius 2 is 1.53 bits per heavy atom. The molecule has 0 saturated carbocycles. The number of rotatable bonds is 11. The molecule has 0 aromatic heterocycles. The van der Waals surface area contributed by atoms with E-state index in [0.29, 0.717) is 0 Å². The van der Waals surface area contributed by atoms with Gasteiger partial charge in [0.05, 0.1) is 0 Å². The third-order valence-corrected chi connectivity index (χ3v) is 4.93. The molecule has 0 aromatic carbocycles. The van der Waals surface area contributed by atoms with Crippen LogP contribution in [0.15, 0.2) is 0 Å². The van der Waals surface area contributed by atoms with Gasteiger partial charge < -0.3 is 0 Å². The van der Waals surface area contributed by atoms with Gasteiger partial charge in [0.25, 0.3) is 0 Å². The van der Waals surface area contributed by atoms with Crippen molar-refractivity contribution in [2.75, 3.05) is 0 Å². The van der Waals surface area contributed by atoms with Gasteiger partial charge in [0.2, 0.25) is 0 Å². The zero-order chi connectivity index (χ0) is 13.1. The first kappa shape index (κ1) is 17.3. The monoisotopic (exact) mass is 260 g/mol. The second kappa shape index (κ2) is 10.2. The summed E-state index contributed by atoms with van der Waals surface area (Å²) in [5, 5.41) is 0. The van der Waals surface area contributed by atoms with E-state index < -0.39 is 0 Å². The van der Waals surface area contributed by atoms with Crippen LogP contribution in [0.1, 0.15) is 91.9 Å². The molecule has 0 saturated heterocycles. The van der Waals surface area contributed by atoms with Crippen LogP contribution in [0.3, 0.4) is 0 Å². The lowest BCUT2D eigenvalue weighted by Gasteiger charge is -2.34. The van der Waals surface area contributed by atoms with Gasteiger partial charge in [0.15, 0.2) is 0 Å². The Morgan fingerprint density at radius 1 is 0.882 bits per heavy atom. The van der Waals surface area contributed by atoms with Gasteiger partial charge in [-0.2, -0.15) is 0 Å². The predicted molar refractivity (Wildman–Crippen MR) is 80.9 cm³/mol. The molecule has 0 amide bonds. The van der Waals surface area contributed by atoms with Gasteiger partial charge in [0, 0.05) is 4.87 Å². The largest absolute Gasteiger partial charge is 0.119 e. The molecule has 0 bridgehead atoms. The summed E-state index contributed by atoms with van der Waals surface area (Å²) in [7, 11) is 0. The third kappa shape index (κ3) is 6.70. The van der Waals surface area contributed by atoms with Gasteiger partial charge in [-0.15, -0.1) is 11.6 Å². The summed E-state index contributed by atoms with van der Waals surface area (Å²) in [6.07, 6.45) is 12.9. The fraction of sp³-hybridized carbons (Fsp3) is 1.00. The van der Waals surface area contributed by atoms with E-state index in [4.69, 9.17) is 11.6 Å². The summed E-state index contributed by atoms with van der Waals surface area (Å²) in [6.45, 7) is 9.11. The summed E-state index contributed by atoms with van der Waals surface area (Å²) < 4.78 is 0. The van der Waals surface area contributed by atoms with E-state index in [0.717, 1.165) is 12.3 Å². The highest BCUT2D eigenvalue weighted by atomic mass is 35.5. The SMILES string of the molecule is CCCCCCC(Cl)(CC)C(CC)CCCC. The first-order valence-corrected chi connectivity index (χ1v) is 8.21. The molecular weight excluding hydrogens is 228 g/mol. The normalized spacial score (nSPS) is 16.8. The molecule has 0 aliphatic heterocycles. The fourth-order valence-corrected chi connectivity index (χ4v) is 3.19. The highest BCUT2D eigenvalue weighted by molar-refractivity contribution is 6.24. The van der Waals surface area contributed by atoms with Gasteiger partial charge in [-0.1, -0.05) is 72.6 Å². The minimum Gasteiger partial charge on any atom is -0.119 e. The van der Waals surface area contributed by atoms with Gasteiger partial charge in [-0.25, -0.2) is 0 Å². The number of alkyl halides is 1. The van der Waals surface area contributed by atoms with E-state index in [9.17, 15) is 0 Å². The molecule has 0 heterocycles. The van der Waals surface area contributed by atoms with Gasteiger partial charge in [-0.3, -0.25) is 0 Å². The number of halogens is 1. The highest BCUT2D eigenvalue weighted by Gasteiger charge is 2.32. The smallest absolute Gasteiger partial charge is 0.0472 e. The number of hydrogen-bond donors (Lipinski definition) is 0. The second-order valence-electron chi connectivity index (χ2n) is 5.45. The van der Waals surface area contributed by atoms with Crippen LogP contribution in [0.25, 0.3) is 0 Å². The molecule has 0 N–H and O–H groups in total. The molecule has 0 radical (unpaired) electrons. The average molecular weight is 261 g/mol. The van der Waals surface area contributed by atoms with E-state index in [1.807, 2.05) is 0 Å². The first-order valence-electron chi connectivity index (χ1n) is 7.83. The third-order valence-electron chi connectivity index (χ3n) is 4.16. The van der Waals surface area contributed by atoms with Crippen molar-refractivity contribution < 1.29 is 0 Å². The summed E-state index contributed by atoms with van der Waals surface area (Å²) in [6, 6.07) is 0. The van der Waals surface area contributed by atoms with Crippen molar-refractivity contribution in [3.63, 3.8) is 0 Å². The summed E-state index contributed by atoms with van der Waals surface area (Å²) in [4.78, 5) is 0.0810. The van der Waals surface area contributed by atoms with Crippen molar-refractivity contribution in [2.45, 2.75) is 96.8 Å². The topological polar surface area (TPSA) is 0 Å². The molecule has 0 fully saturated rings. The molecule has 2 unspecified atom stereocenters. The van der Waals surface area contributed by atoms with Crippen molar-refractivity contribution >= 4 is 11.6 Å². The van der Waals surface area contributed by atoms with E-state index in [1.54, 1.807) is 0 Å². The minimum absolute atomic E-state index is 0.0810. The molecule has 0 aliphatic carbocycles. The van der Waals surface area contributed by atoms with Crippen molar-refractivity contribution in [3.05, 3.63) is 0 Å². The molecule has 1 heteroatoms. The lowest BCUT2D eigenvalue weighted by atomic mass is 9.80. The van der Waals surface area contributed by atoms with Gasteiger partial charge in [0.1, 0.15) is 0 Å². The molecule has 104 valence electrons. The summed E-state index contributed by atoms with van der Waals surface area (Å²) in [5.41, 5.74) is 0. The van der Waals surface area contributed by atoms with Crippen LogP contribution in [0, 0.1) is 5.92 Å². The number of hydrogen-bond acceptors (Lipinski definition) is 0. The zero-order valence-corrected chi connectivity index (χ0v) is 13.3. The van der Waals surface area contributed by atoms with Crippen molar-refractivity contribution in [1.82, 2.24) is 0 Å². The Bertz CT molecular complexity index is 167. The second-order valence-corrected chi connectivity index (χ2v) is 6.20. The van der Waals surface area contributed by atoms with Crippen molar-refractivity contribution in [3.8, 4) is 0 Å². The molecule has 0 nitrogen and oxygen atoms in total. The van der Waals surface area contributed by atoms with E-state index >= 15 is 0 Å². The van der Waals surface area contributed by atoms with Crippen LogP contribution in [0.5, 0.6) is 0 Å². The lowest BCUT2D eigenvalue weighted by Crippen LogP contribution is -2.31. The number of unbranched alkanes of at least 4 members (excludes halogenated alkanes) is 4. The maximum atomic E-state index is 6.90. The van der Waals surface area contributed by atoms with E-state index in [-0.39, 0.29) is 4.87 Å². The molecule has 0 spiro atoms. The Morgan fingerprint density at radius 3 is 2.00 bits per heavy atom. The van der Waals surface area contributed by atoms with Gasteiger partial charge >= 0.3 is 0 Å². The van der Waals surface area contributed by atoms with Crippen LogP contribution >= 0.6 is 11.6 Å². The van der Waals surface area contributed by atoms with Crippen LogP contribution in [0.4, 0.5) is 0 Å². The molecule has 17 heavy (non-hydrogen) atoms. The summed E-state index contributed by atoms with van der Waals surface area (Å²) >= 11 is 6.90. The van der Waals surface area contributed by atoms with E-state index in [1.165, 1.54) is 57.8 Å². The lowest BCUT2D eigenvalue weighted by molar-refractivity contribution is 0.294. The maximum absolute atomic E-state index is 6.90. The standard InChI is InChI=1S/C16H33Cl/c1-5-9-11-12-14-16(17,8-4)15(7-3)13-10-6-2/h15H,5-14H2,1-4H3. The fourth-order valence-electron chi connectivity index (χ4n) is 2.79. The first-order chi connectivity index (χ1) is 8.14. The molecule has 0 rings (SSSR count). The predicted octanol–water partition coefficient (Wildman–Crippen LogP) is 6.56. The summed E-state index contributed by atoms with van der Waals surface area (Å²) in [5.74, 6) is 0.718. The molecular formula is C16H33Cl. The van der Waals surface area contributed by atoms with Gasteiger partial charge in [-0.05, 0) is 25.2 Å². The van der Waals surface area contributed by atoms with E-state index in [2.05, 4.69) is 27.7 Å². The zero-order valence-electron chi connectivity index (χ0n) is 12.5. The Balaban J connectivity index is 4.18. The van der Waals surface area contributed by atoms with Crippen LogP contribution < -0.4 is 0 Å². The van der Waals surface area contributed by atoms with Crippen molar-refractivity contribution in [1.29, 1.82) is 0 Å². The molecule has 0 aliphatic rings.